The van der Waals surface area contributed by atoms with Crippen LogP contribution in [-0.4, -0.2) is 102 Å². The second-order valence-corrected chi connectivity index (χ2v) is 26.4. The number of benzene rings is 1. The maximum Gasteiger partial charge on any atom is 0.235 e. The van der Waals surface area contributed by atoms with E-state index < -0.39 is 31.8 Å². The largest absolute Gasteiger partial charge is 0.360 e. The van der Waals surface area contributed by atoms with Crippen molar-refractivity contribution in [1.29, 1.82) is 0 Å². The number of anilines is 1. The second kappa shape index (κ2) is 16.5. The molecule has 2 aliphatic rings. The summed E-state index contributed by atoms with van der Waals surface area (Å²) in [6.45, 7) is 9.87. The Morgan fingerprint density at radius 2 is 1.56 bits per heavy atom. The maximum atomic E-state index is 16.1. The third kappa shape index (κ3) is 9.78. The molecule has 54 heavy (non-hydrogen) atoms. The summed E-state index contributed by atoms with van der Waals surface area (Å²) in [6, 6.07) is 7.05. The summed E-state index contributed by atoms with van der Waals surface area (Å²) in [6.07, 6.45) is 19.7. The van der Waals surface area contributed by atoms with Crippen LogP contribution < -0.4 is 5.32 Å². The van der Waals surface area contributed by atoms with Gasteiger partial charge in [-0.05, 0) is 132 Å². The highest BCUT2D eigenvalue weighted by Gasteiger charge is 2.50. The number of hydrogen-bond acceptors (Lipinski definition) is 7. The Balaban J connectivity index is 1.29. The first-order chi connectivity index (χ1) is 25.5. The summed E-state index contributed by atoms with van der Waals surface area (Å²) in [5.41, 5.74) is 4.23. The molecule has 0 bridgehead atoms. The van der Waals surface area contributed by atoms with Crippen molar-refractivity contribution < 1.29 is 18.7 Å². The van der Waals surface area contributed by atoms with Gasteiger partial charge in [0.2, 0.25) is 5.91 Å². The second-order valence-electron chi connectivity index (χ2n) is 17.2. The predicted molar refractivity (Wildman–Crippen MR) is 221 cm³/mol. The van der Waals surface area contributed by atoms with Gasteiger partial charge in [0.25, 0.3) is 0 Å². The number of nitrogens with zero attached hydrogens (tertiary/aromatic N) is 7. The standard InChI is InChI=1S/C40H61FN8O3S2/c1-26(2)49-34(17-18-42-49)38-44-45-39(47(38)24-51-19-21-53(5,6)7)37(36(29-11-12-29)30-13-14-30)40(50)43-33-16-15-31(23-32(33)41)35-27(3)46-48(28(35)4)25-52-20-22-54(8,9)10/h15-18,23,26,29-30,36-37H,11-14,19-22,24-25H2,1-10H3,(H,43,50). The summed E-state index contributed by atoms with van der Waals surface area (Å²) in [5, 5.41) is 21.7. The minimum Gasteiger partial charge on any atom is -0.360 e. The van der Waals surface area contributed by atoms with E-state index in [1.807, 2.05) is 39.9 Å². The molecule has 6 rings (SSSR count). The average molecular weight is 785 g/mol. The van der Waals surface area contributed by atoms with Gasteiger partial charge in [-0.15, -0.1) is 10.2 Å². The van der Waals surface area contributed by atoms with Gasteiger partial charge in [-0.3, -0.25) is 14.0 Å². The fraction of sp³-hybridized carbons (Fsp3) is 0.625. The summed E-state index contributed by atoms with van der Waals surface area (Å²) in [7, 11) is -1.41. The van der Waals surface area contributed by atoms with Gasteiger partial charge in [-0.1, -0.05) is 6.07 Å². The molecular formula is C40H61FN8O3S2. The molecule has 3 aromatic heterocycles. The van der Waals surface area contributed by atoms with Crippen LogP contribution in [0.5, 0.6) is 0 Å². The van der Waals surface area contributed by atoms with Crippen molar-refractivity contribution in [2.75, 3.05) is 67.6 Å². The van der Waals surface area contributed by atoms with E-state index in [1.165, 1.54) is 6.07 Å². The highest BCUT2D eigenvalue weighted by atomic mass is 32.3. The molecule has 1 unspecified atom stereocenters. The number of carbonyl (C=O) groups is 1. The third-order valence-electron chi connectivity index (χ3n) is 10.5. The van der Waals surface area contributed by atoms with Gasteiger partial charge in [-0.25, -0.2) is 29.1 Å². The number of aryl methyl sites for hydroxylation is 1. The summed E-state index contributed by atoms with van der Waals surface area (Å²) < 4.78 is 34.1. The minimum absolute atomic E-state index is 0.0836. The summed E-state index contributed by atoms with van der Waals surface area (Å²) >= 11 is 0. The van der Waals surface area contributed by atoms with Crippen molar-refractivity contribution in [3.63, 3.8) is 0 Å². The van der Waals surface area contributed by atoms with Crippen LogP contribution in [0.15, 0.2) is 30.5 Å². The van der Waals surface area contributed by atoms with Crippen molar-refractivity contribution in [1.82, 2.24) is 34.3 Å². The van der Waals surface area contributed by atoms with Crippen LogP contribution in [0.2, 0.25) is 0 Å². The van der Waals surface area contributed by atoms with Crippen LogP contribution in [0.4, 0.5) is 10.1 Å². The number of aromatic nitrogens is 7. The van der Waals surface area contributed by atoms with Gasteiger partial charge < -0.3 is 14.8 Å². The van der Waals surface area contributed by atoms with E-state index in [0.717, 1.165) is 59.8 Å². The fourth-order valence-electron chi connectivity index (χ4n) is 7.27. The number of carbonyl (C=O) groups excluding carboxylic acids is 1. The number of amides is 1. The molecular weight excluding hydrogens is 724 g/mol. The van der Waals surface area contributed by atoms with Gasteiger partial charge in [0, 0.05) is 35.0 Å². The minimum atomic E-state index is -0.758. The molecule has 2 fully saturated rings. The van der Waals surface area contributed by atoms with Crippen molar-refractivity contribution in [2.45, 2.75) is 78.8 Å². The number of ether oxygens (including phenoxy) is 2. The first kappa shape index (κ1) is 40.5. The number of hydrogen-bond donors (Lipinski definition) is 1. The van der Waals surface area contributed by atoms with E-state index >= 15 is 4.39 Å². The smallest absolute Gasteiger partial charge is 0.235 e. The van der Waals surface area contributed by atoms with Crippen LogP contribution in [0.3, 0.4) is 0 Å². The molecule has 3 heterocycles. The monoisotopic (exact) mass is 784 g/mol. The Labute approximate surface area is 323 Å². The van der Waals surface area contributed by atoms with Crippen LogP contribution >= 0.6 is 20.1 Å². The molecule has 1 aromatic carbocycles. The predicted octanol–water partition coefficient (Wildman–Crippen LogP) is 7.84. The molecule has 2 saturated carbocycles. The zero-order valence-corrected chi connectivity index (χ0v) is 35.5. The molecule has 0 aliphatic heterocycles. The highest BCUT2D eigenvalue weighted by molar-refractivity contribution is 8.32. The molecule has 4 aromatic rings. The number of nitrogens with one attached hydrogen (secondary N) is 1. The van der Waals surface area contributed by atoms with Crippen molar-refractivity contribution in [3.8, 4) is 22.6 Å². The van der Waals surface area contributed by atoms with E-state index in [0.29, 0.717) is 49.0 Å². The number of halogens is 1. The molecule has 1 N–H and O–H groups in total. The normalized spacial score (nSPS) is 16.4. The Morgan fingerprint density at radius 1 is 0.926 bits per heavy atom. The van der Waals surface area contributed by atoms with Crippen LogP contribution in [0, 0.1) is 37.4 Å². The quantitative estimate of drug-likeness (QED) is 0.0965. The molecule has 0 saturated heterocycles. The van der Waals surface area contributed by atoms with Crippen LogP contribution in [-0.2, 0) is 27.7 Å². The topological polar surface area (TPSA) is 114 Å². The lowest BCUT2D eigenvalue weighted by Crippen LogP contribution is -2.33. The number of rotatable bonds is 19. The SMILES string of the molecule is Cc1nn(COCCS(C)(C)C)c(C)c1-c1ccc(NC(=O)C(c2nnc(-c3ccnn3C(C)C)n2COCCS(C)(C)C)C(C2CC2)C2CC2)c(F)c1. The molecule has 11 nitrogen and oxygen atoms in total. The molecule has 1 amide bonds. The molecule has 0 radical (unpaired) electrons. The van der Waals surface area contributed by atoms with E-state index in [9.17, 15) is 4.79 Å². The van der Waals surface area contributed by atoms with Crippen molar-refractivity contribution in [2.24, 2.45) is 17.8 Å². The fourth-order valence-corrected chi connectivity index (χ4v) is 8.50. The van der Waals surface area contributed by atoms with E-state index in [-0.39, 0.29) is 30.3 Å². The zero-order chi connectivity index (χ0) is 38.9. The molecule has 1 atom stereocenters. The Morgan fingerprint density at radius 3 is 2.13 bits per heavy atom. The first-order valence-corrected chi connectivity index (χ1v) is 25.2. The molecule has 2 aliphatic carbocycles. The highest BCUT2D eigenvalue weighted by Crippen LogP contribution is 2.55. The summed E-state index contributed by atoms with van der Waals surface area (Å²) in [4.78, 5) is 14.7. The summed E-state index contributed by atoms with van der Waals surface area (Å²) in [5.74, 6) is 2.69. The lowest BCUT2D eigenvalue weighted by Gasteiger charge is -2.27. The van der Waals surface area contributed by atoms with Crippen molar-refractivity contribution in [3.05, 3.63) is 53.5 Å². The molecule has 14 heteroatoms. The van der Waals surface area contributed by atoms with E-state index in [4.69, 9.17) is 24.8 Å². The lowest BCUT2D eigenvalue weighted by molar-refractivity contribution is -0.119. The lowest BCUT2D eigenvalue weighted by atomic mass is 9.82. The van der Waals surface area contributed by atoms with E-state index in [1.54, 1.807) is 12.3 Å². The third-order valence-corrected chi connectivity index (χ3v) is 13.2. The average Bonchev–Trinajstić information content (AvgIpc) is 3.99. The maximum absolute atomic E-state index is 16.1. The Kier molecular flexibility index (Phi) is 12.4. The molecule has 298 valence electrons. The Hall–Kier alpha value is -3.20. The van der Waals surface area contributed by atoms with Gasteiger partial charge in [-0.2, -0.15) is 10.2 Å². The van der Waals surface area contributed by atoms with Crippen molar-refractivity contribution >= 4 is 31.7 Å². The van der Waals surface area contributed by atoms with E-state index in [2.05, 4.69) is 61.8 Å². The zero-order valence-electron chi connectivity index (χ0n) is 33.9. The van der Waals surface area contributed by atoms with Crippen LogP contribution in [0.1, 0.15) is 68.7 Å². The van der Waals surface area contributed by atoms with Crippen LogP contribution in [0.25, 0.3) is 22.6 Å². The van der Waals surface area contributed by atoms with Gasteiger partial charge >= 0.3 is 0 Å². The Bertz CT molecular complexity index is 1900. The molecule has 0 spiro atoms. The van der Waals surface area contributed by atoms with Gasteiger partial charge in [0.05, 0.1) is 24.6 Å². The first-order valence-electron chi connectivity index (χ1n) is 19.1. The van der Waals surface area contributed by atoms with Gasteiger partial charge in [0.15, 0.2) is 5.82 Å². The van der Waals surface area contributed by atoms with Gasteiger partial charge in [0.1, 0.15) is 36.7 Å².